The first-order valence-electron chi connectivity index (χ1n) is 9.88. The molecule has 0 atom stereocenters. The molecular formula is C27H19Br. The minimum absolute atomic E-state index is 0.226. The van der Waals surface area contributed by atoms with Crippen LogP contribution in [-0.2, 0) is 5.41 Å². The second-order valence-corrected chi connectivity index (χ2v) is 8.61. The van der Waals surface area contributed by atoms with Gasteiger partial charge in [0.15, 0.2) is 0 Å². The predicted molar refractivity (Wildman–Crippen MR) is 121 cm³/mol. The van der Waals surface area contributed by atoms with E-state index < -0.39 is 0 Å². The first kappa shape index (κ1) is 16.3. The molecule has 134 valence electrons. The number of allylic oxidation sites excluding steroid dienone is 5. The van der Waals surface area contributed by atoms with Gasteiger partial charge < -0.3 is 0 Å². The summed E-state index contributed by atoms with van der Waals surface area (Å²) in [6.45, 7) is 0. The van der Waals surface area contributed by atoms with Gasteiger partial charge in [-0.2, -0.15) is 0 Å². The Hall–Kier alpha value is -2.64. The third kappa shape index (κ3) is 1.95. The summed E-state index contributed by atoms with van der Waals surface area (Å²) in [5, 5.41) is 0. The Morgan fingerprint density at radius 3 is 1.86 bits per heavy atom. The highest BCUT2D eigenvalue weighted by atomic mass is 79.9. The molecule has 3 aliphatic rings. The summed E-state index contributed by atoms with van der Waals surface area (Å²) in [7, 11) is 0. The Labute approximate surface area is 174 Å². The third-order valence-electron chi connectivity index (χ3n) is 6.48. The molecule has 3 aromatic carbocycles. The van der Waals surface area contributed by atoms with Gasteiger partial charge in [0.25, 0.3) is 0 Å². The number of halogens is 1. The number of hydrogen-bond donors (Lipinski definition) is 0. The third-order valence-corrected chi connectivity index (χ3v) is 7.14. The monoisotopic (exact) mass is 422 g/mol. The molecular weight excluding hydrogens is 404 g/mol. The summed E-state index contributed by atoms with van der Waals surface area (Å²) in [5.74, 6) is 0. The summed E-state index contributed by atoms with van der Waals surface area (Å²) in [4.78, 5) is 0. The molecule has 0 bridgehead atoms. The van der Waals surface area contributed by atoms with Gasteiger partial charge in [-0.05, 0) is 63.4 Å². The van der Waals surface area contributed by atoms with E-state index in [0.29, 0.717) is 0 Å². The summed E-state index contributed by atoms with van der Waals surface area (Å²) >= 11 is 3.90. The number of fused-ring (bicyclic) bond motifs is 8. The summed E-state index contributed by atoms with van der Waals surface area (Å²) in [5.41, 5.74) is 10.9. The predicted octanol–water partition coefficient (Wildman–Crippen LogP) is 7.40. The van der Waals surface area contributed by atoms with Crippen LogP contribution in [0.15, 0.2) is 102 Å². The van der Waals surface area contributed by atoms with Gasteiger partial charge in [-0.1, -0.05) is 101 Å². The molecule has 0 saturated heterocycles. The lowest BCUT2D eigenvalue weighted by molar-refractivity contribution is 0.687. The van der Waals surface area contributed by atoms with E-state index in [1.165, 1.54) is 49.0 Å². The van der Waals surface area contributed by atoms with Crippen LogP contribution >= 0.6 is 15.9 Å². The summed E-state index contributed by atoms with van der Waals surface area (Å²) in [6, 6.07) is 26.9. The molecule has 0 fully saturated rings. The molecule has 1 heteroatoms. The van der Waals surface area contributed by atoms with Gasteiger partial charge in [0.1, 0.15) is 0 Å². The highest BCUT2D eigenvalue weighted by Gasteiger charge is 2.49. The molecule has 0 aromatic heterocycles. The van der Waals surface area contributed by atoms with Crippen molar-refractivity contribution in [2.24, 2.45) is 0 Å². The molecule has 6 rings (SSSR count). The molecule has 1 spiro atoms. The Morgan fingerprint density at radius 1 is 0.679 bits per heavy atom. The van der Waals surface area contributed by atoms with Gasteiger partial charge in [0.05, 0.1) is 5.41 Å². The van der Waals surface area contributed by atoms with Crippen molar-refractivity contribution in [1.29, 1.82) is 0 Å². The molecule has 0 saturated carbocycles. The zero-order valence-corrected chi connectivity index (χ0v) is 17.0. The first-order valence-corrected chi connectivity index (χ1v) is 10.7. The first-order chi connectivity index (χ1) is 13.8. The van der Waals surface area contributed by atoms with E-state index in [2.05, 4.69) is 107 Å². The maximum atomic E-state index is 3.90. The van der Waals surface area contributed by atoms with Gasteiger partial charge in [-0.15, -0.1) is 0 Å². The van der Waals surface area contributed by atoms with E-state index in [1.54, 1.807) is 0 Å². The molecule has 0 N–H and O–H groups in total. The van der Waals surface area contributed by atoms with Gasteiger partial charge in [0, 0.05) is 4.48 Å². The van der Waals surface area contributed by atoms with E-state index in [9.17, 15) is 0 Å². The quantitative estimate of drug-likeness (QED) is 0.354. The van der Waals surface area contributed by atoms with Crippen LogP contribution in [0.5, 0.6) is 0 Å². The SMILES string of the molecule is BrC1=CC2=C(CCC=C2)C2(c3ccccc31)c1ccccc1-c1ccccc12. The lowest BCUT2D eigenvalue weighted by atomic mass is 9.64. The lowest BCUT2D eigenvalue weighted by Crippen LogP contribution is -2.31. The summed E-state index contributed by atoms with van der Waals surface area (Å²) < 4.78 is 1.17. The Bertz CT molecular complexity index is 1180. The van der Waals surface area contributed by atoms with Crippen LogP contribution in [0.2, 0.25) is 0 Å². The fraction of sp³-hybridized carbons (Fsp3) is 0.111. The molecule has 0 aliphatic heterocycles. The Balaban J connectivity index is 1.86. The van der Waals surface area contributed by atoms with Crippen LogP contribution in [-0.4, -0.2) is 0 Å². The second-order valence-electron chi connectivity index (χ2n) is 7.75. The molecule has 3 aliphatic carbocycles. The van der Waals surface area contributed by atoms with Crippen molar-refractivity contribution < 1.29 is 0 Å². The zero-order chi connectivity index (χ0) is 18.7. The lowest BCUT2D eigenvalue weighted by Gasteiger charge is -2.38. The molecule has 28 heavy (non-hydrogen) atoms. The average molecular weight is 423 g/mol. The van der Waals surface area contributed by atoms with Crippen LogP contribution in [0.3, 0.4) is 0 Å². The Morgan fingerprint density at radius 2 is 1.21 bits per heavy atom. The van der Waals surface area contributed by atoms with Crippen molar-refractivity contribution >= 4 is 20.4 Å². The van der Waals surface area contributed by atoms with Crippen molar-refractivity contribution in [3.63, 3.8) is 0 Å². The number of hydrogen-bond acceptors (Lipinski definition) is 0. The minimum Gasteiger partial charge on any atom is -0.0836 e. The van der Waals surface area contributed by atoms with Crippen molar-refractivity contribution in [3.05, 3.63) is 124 Å². The van der Waals surface area contributed by atoms with Crippen molar-refractivity contribution in [3.8, 4) is 11.1 Å². The van der Waals surface area contributed by atoms with Gasteiger partial charge in [-0.3, -0.25) is 0 Å². The van der Waals surface area contributed by atoms with Crippen LogP contribution < -0.4 is 0 Å². The molecule has 0 heterocycles. The molecule has 0 nitrogen and oxygen atoms in total. The number of benzene rings is 3. The highest BCUT2D eigenvalue weighted by molar-refractivity contribution is 9.15. The van der Waals surface area contributed by atoms with Gasteiger partial charge >= 0.3 is 0 Å². The zero-order valence-electron chi connectivity index (χ0n) is 15.5. The second kappa shape index (κ2) is 5.93. The van der Waals surface area contributed by atoms with Crippen molar-refractivity contribution in [2.45, 2.75) is 18.3 Å². The van der Waals surface area contributed by atoms with Gasteiger partial charge in [-0.25, -0.2) is 0 Å². The maximum Gasteiger partial charge on any atom is 0.0688 e. The van der Waals surface area contributed by atoms with Crippen molar-refractivity contribution in [1.82, 2.24) is 0 Å². The van der Waals surface area contributed by atoms with Crippen LogP contribution in [0, 0.1) is 0 Å². The maximum absolute atomic E-state index is 3.90. The summed E-state index contributed by atoms with van der Waals surface area (Å²) in [6.07, 6.45) is 9.13. The van der Waals surface area contributed by atoms with E-state index in [0.717, 1.165) is 12.8 Å². The van der Waals surface area contributed by atoms with Crippen molar-refractivity contribution in [2.75, 3.05) is 0 Å². The topological polar surface area (TPSA) is 0 Å². The van der Waals surface area contributed by atoms with Crippen LogP contribution in [0.25, 0.3) is 15.6 Å². The minimum atomic E-state index is -0.226. The van der Waals surface area contributed by atoms with E-state index in [-0.39, 0.29) is 5.41 Å². The standard InChI is InChI=1S/C27H19Br/c28-26-17-18-9-1-5-13-22(18)27(25-16-8-4-12-21(25)26)23-14-6-2-10-19(23)20-11-3-7-15-24(20)27/h1-4,6-12,14-17H,5,13H2. The average Bonchev–Trinajstić information content (AvgIpc) is 2.99. The van der Waals surface area contributed by atoms with E-state index >= 15 is 0 Å². The van der Waals surface area contributed by atoms with Crippen LogP contribution in [0.1, 0.15) is 35.1 Å². The largest absolute Gasteiger partial charge is 0.0836 e. The molecule has 3 aromatic rings. The van der Waals surface area contributed by atoms with Crippen LogP contribution in [0.4, 0.5) is 0 Å². The van der Waals surface area contributed by atoms with Gasteiger partial charge in [0.2, 0.25) is 0 Å². The number of rotatable bonds is 0. The molecule has 0 radical (unpaired) electrons. The fourth-order valence-electron chi connectivity index (χ4n) is 5.47. The Kier molecular flexibility index (Phi) is 3.46. The van der Waals surface area contributed by atoms with E-state index in [1.807, 2.05) is 0 Å². The molecule has 0 unspecified atom stereocenters. The van der Waals surface area contributed by atoms with E-state index in [4.69, 9.17) is 0 Å². The fourth-order valence-corrected chi connectivity index (χ4v) is 6.06. The highest BCUT2D eigenvalue weighted by Crippen LogP contribution is 2.60. The smallest absolute Gasteiger partial charge is 0.0688 e. The molecule has 0 amide bonds. The normalized spacial score (nSPS) is 18.1.